The minimum atomic E-state index is -1.05. The second-order valence-corrected chi connectivity index (χ2v) is 10.7. The highest BCUT2D eigenvalue weighted by molar-refractivity contribution is 8.03. The molecular formula is C21H33N5O4S. The smallest absolute Gasteiger partial charge is 0.353 e. The third-order valence-electron chi connectivity index (χ3n) is 7.34. The Bertz CT molecular complexity index is 789. The minimum absolute atomic E-state index is 0.0612. The van der Waals surface area contributed by atoms with Crippen molar-refractivity contribution in [2.24, 2.45) is 23.5 Å². The second-order valence-electron chi connectivity index (χ2n) is 9.38. The fraction of sp³-hybridized carbons (Fsp3) is 0.762. The van der Waals surface area contributed by atoms with Gasteiger partial charge in [0.25, 0.3) is 0 Å². The first-order chi connectivity index (χ1) is 14.7. The number of likely N-dealkylation sites (tertiary alicyclic amines) is 2. The molecule has 0 aliphatic carbocycles. The lowest BCUT2D eigenvalue weighted by molar-refractivity contribution is -0.163. The van der Waals surface area contributed by atoms with E-state index in [0.717, 1.165) is 56.9 Å². The van der Waals surface area contributed by atoms with Gasteiger partial charge in [0.05, 0.1) is 18.1 Å². The summed E-state index contributed by atoms with van der Waals surface area (Å²) in [7, 11) is 0. The van der Waals surface area contributed by atoms with Gasteiger partial charge in [0.1, 0.15) is 5.70 Å². The number of aliphatic hydroxyl groups excluding tert-OH is 1. The van der Waals surface area contributed by atoms with Gasteiger partial charge in [-0.3, -0.25) is 10.2 Å². The number of nitrogens with zero attached hydrogens (tertiary/aromatic N) is 3. The Morgan fingerprint density at radius 1 is 1.32 bits per heavy atom. The molecule has 0 spiro atoms. The fourth-order valence-electron chi connectivity index (χ4n) is 5.47. The van der Waals surface area contributed by atoms with E-state index in [1.807, 2.05) is 11.8 Å². The molecule has 4 heterocycles. The van der Waals surface area contributed by atoms with Gasteiger partial charge in [-0.1, -0.05) is 6.92 Å². The first kappa shape index (κ1) is 22.4. The van der Waals surface area contributed by atoms with Crippen LogP contribution >= 0.6 is 11.8 Å². The molecule has 31 heavy (non-hydrogen) atoms. The van der Waals surface area contributed by atoms with Gasteiger partial charge in [0, 0.05) is 42.3 Å². The number of nitrogens with one attached hydrogen (secondary N) is 1. The maximum absolute atomic E-state index is 12.4. The van der Waals surface area contributed by atoms with Crippen LogP contribution in [-0.2, 0) is 9.59 Å². The van der Waals surface area contributed by atoms with E-state index in [1.165, 1.54) is 4.90 Å². The number of piperidine rings is 1. The number of aliphatic carboxylic acids is 1. The van der Waals surface area contributed by atoms with Crippen molar-refractivity contribution in [1.82, 2.24) is 14.7 Å². The maximum atomic E-state index is 12.4. The van der Waals surface area contributed by atoms with E-state index in [9.17, 15) is 19.8 Å². The lowest BCUT2D eigenvalue weighted by atomic mass is 9.79. The summed E-state index contributed by atoms with van der Waals surface area (Å²) in [6.07, 6.45) is 2.53. The van der Waals surface area contributed by atoms with Crippen molar-refractivity contribution in [2.75, 3.05) is 32.7 Å². The third kappa shape index (κ3) is 4.05. The van der Waals surface area contributed by atoms with E-state index < -0.39 is 18.0 Å². The Hall–Kier alpha value is -1.78. The van der Waals surface area contributed by atoms with Gasteiger partial charge in [0.15, 0.2) is 5.96 Å². The molecule has 0 saturated carbocycles. The normalized spacial score (nSPS) is 30.8. The Balaban J connectivity index is 1.27. The predicted molar refractivity (Wildman–Crippen MR) is 118 cm³/mol. The zero-order valence-corrected chi connectivity index (χ0v) is 19.0. The molecule has 0 aromatic carbocycles. The molecule has 0 aromatic rings. The highest BCUT2D eigenvalue weighted by Gasteiger charge is 2.60. The molecule has 4 rings (SSSR count). The van der Waals surface area contributed by atoms with Gasteiger partial charge in [0.2, 0.25) is 5.91 Å². The SMILES string of the molecule is CC(O)[C@H]1C(=O)N2C(C(=O)O)=C(SC3CN(CCC4CCN(C(=N)N)CC4)C3)[C@H](C)[C@H]12. The molecule has 4 atom stereocenters. The van der Waals surface area contributed by atoms with E-state index in [4.69, 9.17) is 11.1 Å². The van der Waals surface area contributed by atoms with Gasteiger partial charge in [-0.2, -0.15) is 0 Å². The lowest BCUT2D eigenvalue weighted by Gasteiger charge is -2.46. The van der Waals surface area contributed by atoms with E-state index in [2.05, 4.69) is 4.90 Å². The van der Waals surface area contributed by atoms with Crippen LogP contribution in [0.4, 0.5) is 0 Å². The van der Waals surface area contributed by atoms with Crippen molar-refractivity contribution in [2.45, 2.75) is 50.5 Å². The van der Waals surface area contributed by atoms with Crippen LogP contribution in [0.25, 0.3) is 0 Å². The summed E-state index contributed by atoms with van der Waals surface area (Å²) in [5, 5.41) is 27.6. The standard InChI is InChI=1S/C21H33N5O4S/c1-11-16-15(12(2)27)19(28)26(16)17(20(29)30)18(11)31-14-9-24(10-14)6-3-13-4-7-25(8-5-13)21(22)23/h11-16,27H,3-10H2,1-2H3,(H3,22,23)(H,29,30)/t11-,12?,15-,16-/m1/s1. The van der Waals surface area contributed by atoms with Crippen molar-refractivity contribution in [1.29, 1.82) is 5.41 Å². The number of carboxylic acids is 1. The molecule has 172 valence electrons. The number of thioether (sulfide) groups is 1. The van der Waals surface area contributed by atoms with Gasteiger partial charge >= 0.3 is 5.97 Å². The van der Waals surface area contributed by atoms with Gasteiger partial charge in [-0.15, -0.1) is 11.8 Å². The highest BCUT2D eigenvalue weighted by Crippen LogP contribution is 2.51. The van der Waals surface area contributed by atoms with Crippen LogP contribution in [0, 0.1) is 23.2 Å². The molecule has 4 aliphatic rings. The molecule has 9 nitrogen and oxygen atoms in total. The molecule has 0 bridgehead atoms. The third-order valence-corrected chi connectivity index (χ3v) is 8.79. The number of carbonyl (C=O) groups excluding carboxylic acids is 1. The Labute approximate surface area is 187 Å². The summed E-state index contributed by atoms with van der Waals surface area (Å²) in [5.41, 5.74) is 5.69. The first-order valence-corrected chi connectivity index (χ1v) is 12.0. The molecule has 0 aromatic heterocycles. The largest absolute Gasteiger partial charge is 0.477 e. The number of rotatable bonds is 7. The Kier molecular flexibility index (Phi) is 6.24. The molecule has 4 aliphatic heterocycles. The fourth-order valence-corrected chi connectivity index (χ4v) is 7.05. The average molecular weight is 452 g/mol. The molecule has 0 radical (unpaired) electrons. The zero-order valence-electron chi connectivity index (χ0n) is 18.2. The van der Waals surface area contributed by atoms with Gasteiger partial charge < -0.3 is 30.6 Å². The summed E-state index contributed by atoms with van der Waals surface area (Å²) < 4.78 is 0. The highest BCUT2D eigenvalue weighted by atomic mass is 32.2. The molecule has 5 N–H and O–H groups in total. The predicted octanol–water partition coefficient (Wildman–Crippen LogP) is 0.553. The van der Waals surface area contributed by atoms with Crippen molar-refractivity contribution in [3.05, 3.63) is 10.6 Å². The number of hydrogen-bond acceptors (Lipinski definition) is 6. The summed E-state index contributed by atoms with van der Waals surface area (Å²) in [5.74, 6) is -1.05. The second kappa shape index (κ2) is 8.63. The summed E-state index contributed by atoms with van der Waals surface area (Å²) >= 11 is 1.61. The molecule has 1 unspecified atom stereocenters. The van der Waals surface area contributed by atoms with Gasteiger partial charge in [-0.25, -0.2) is 4.79 Å². The topological polar surface area (TPSA) is 134 Å². The lowest BCUT2D eigenvalue weighted by Crippen LogP contribution is -2.63. The summed E-state index contributed by atoms with van der Waals surface area (Å²) in [6.45, 7) is 8.21. The maximum Gasteiger partial charge on any atom is 0.353 e. The van der Waals surface area contributed by atoms with E-state index in [0.29, 0.717) is 11.2 Å². The number of β-lactam (4-membered cyclic amide) rings is 1. The quantitative estimate of drug-likeness (QED) is 0.251. The van der Waals surface area contributed by atoms with Crippen LogP contribution in [0.3, 0.4) is 0 Å². The van der Waals surface area contributed by atoms with Crippen LogP contribution in [0.15, 0.2) is 10.6 Å². The van der Waals surface area contributed by atoms with Crippen molar-refractivity contribution in [3.63, 3.8) is 0 Å². The number of carbonyl (C=O) groups is 2. The van der Waals surface area contributed by atoms with E-state index in [1.54, 1.807) is 18.7 Å². The molecule has 3 saturated heterocycles. The summed E-state index contributed by atoms with van der Waals surface area (Å²) in [6, 6.07) is -0.238. The van der Waals surface area contributed by atoms with E-state index >= 15 is 0 Å². The molecule has 3 fully saturated rings. The number of carboxylic acid groups (broad SMARTS) is 1. The van der Waals surface area contributed by atoms with Gasteiger partial charge in [-0.05, 0) is 38.6 Å². The number of fused-ring (bicyclic) bond motifs is 1. The van der Waals surface area contributed by atoms with Crippen molar-refractivity contribution < 1.29 is 19.8 Å². The Morgan fingerprint density at radius 3 is 2.52 bits per heavy atom. The number of nitrogens with two attached hydrogens (primary N) is 1. The molecule has 10 heteroatoms. The minimum Gasteiger partial charge on any atom is -0.477 e. The number of hydrogen-bond donors (Lipinski definition) is 4. The first-order valence-electron chi connectivity index (χ1n) is 11.2. The monoisotopic (exact) mass is 451 g/mol. The number of amides is 1. The van der Waals surface area contributed by atoms with Crippen molar-refractivity contribution >= 4 is 29.6 Å². The average Bonchev–Trinajstić information content (AvgIpc) is 2.92. The van der Waals surface area contributed by atoms with Crippen LogP contribution in [0.2, 0.25) is 0 Å². The Morgan fingerprint density at radius 2 is 1.97 bits per heavy atom. The zero-order chi connectivity index (χ0) is 22.4. The van der Waals surface area contributed by atoms with Crippen molar-refractivity contribution in [3.8, 4) is 0 Å². The van der Waals surface area contributed by atoms with Crippen LogP contribution < -0.4 is 5.73 Å². The van der Waals surface area contributed by atoms with Crippen LogP contribution in [0.1, 0.15) is 33.1 Å². The molecular weight excluding hydrogens is 418 g/mol. The molecule has 1 amide bonds. The number of guanidine groups is 1. The van der Waals surface area contributed by atoms with Crippen LogP contribution in [-0.4, -0.2) is 92.9 Å². The number of aliphatic hydroxyl groups is 1. The summed E-state index contributed by atoms with van der Waals surface area (Å²) in [4.78, 5) is 30.9. The van der Waals surface area contributed by atoms with Crippen LogP contribution in [0.5, 0.6) is 0 Å². The van der Waals surface area contributed by atoms with E-state index in [-0.39, 0.29) is 29.5 Å².